The molecule has 0 unspecified atom stereocenters. The molecule has 1 spiro atoms. The van der Waals surface area contributed by atoms with E-state index in [0.717, 1.165) is 17.1 Å². The third-order valence-corrected chi connectivity index (χ3v) is 16.8. The minimum Gasteiger partial charge on any atom is -0.310 e. The molecule has 77 heavy (non-hydrogen) atoms. The van der Waals surface area contributed by atoms with Gasteiger partial charge in [0.05, 0.1) is 22.1 Å². The van der Waals surface area contributed by atoms with Gasteiger partial charge < -0.3 is 9.47 Å². The molecule has 14 aromatic rings. The molecule has 0 bridgehead atoms. The second-order valence-electron chi connectivity index (χ2n) is 20.8. The standard InChI is InChI=1S/C75H48N2/c1-2-17-53-46-56(32-31-49(53)15-1)51-35-40-59(41-36-51)76(60-42-43-65-64-24-7-11-28-70(64)75(71(65)48-60)68-26-9-5-22-62(68)63-23-6-10-27-69(63)75)58-38-33-50(34-39-58)54-19-13-20-55(45-54)57-37-44-74-67(47-57)66-25-8-12-29-73(66)77(74)72-30-14-18-52-16-3-4-21-61(52)72/h1-48H. The molecular weight excluding hydrogens is 929 g/mol. The second-order valence-corrected chi connectivity index (χ2v) is 20.8. The third-order valence-electron chi connectivity index (χ3n) is 16.8. The molecule has 2 heteroatoms. The van der Waals surface area contributed by atoms with Gasteiger partial charge in [-0.05, 0) is 167 Å². The third kappa shape index (κ3) is 6.56. The van der Waals surface area contributed by atoms with Gasteiger partial charge in [0, 0.05) is 33.2 Å². The van der Waals surface area contributed by atoms with Crippen molar-refractivity contribution in [2.24, 2.45) is 0 Å². The smallest absolute Gasteiger partial charge is 0.0726 e. The number of fused-ring (bicyclic) bond motifs is 15. The van der Waals surface area contributed by atoms with Crippen LogP contribution in [0, 0.1) is 0 Å². The van der Waals surface area contributed by atoms with Gasteiger partial charge in [-0.3, -0.25) is 0 Å². The topological polar surface area (TPSA) is 8.17 Å². The number of hydrogen-bond donors (Lipinski definition) is 0. The minimum atomic E-state index is -0.450. The van der Waals surface area contributed by atoms with Gasteiger partial charge in [0.1, 0.15) is 0 Å². The summed E-state index contributed by atoms with van der Waals surface area (Å²) in [5.41, 5.74) is 24.1. The lowest BCUT2D eigenvalue weighted by Gasteiger charge is -2.32. The lowest BCUT2D eigenvalue weighted by atomic mass is 9.70. The molecule has 1 aromatic heterocycles. The first-order valence-electron chi connectivity index (χ1n) is 26.7. The Hall–Kier alpha value is -10.0. The Morgan fingerprint density at radius 1 is 0.247 bits per heavy atom. The van der Waals surface area contributed by atoms with Gasteiger partial charge in [-0.1, -0.05) is 218 Å². The fourth-order valence-electron chi connectivity index (χ4n) is 13.3. The van der Waals surface area contributed by atoms with Crippen LogP contribution in [0.1, 0.15) is 22.3 Å². The molecule has 0 aliphatic heterocycles. The van der Waals surface area contributed by atoms with Crippen molar-refractivity contribution in [1.82, 2.24) is 4.57 Å². The molecule has 0 fully saturated rings. The Morgan fingerprint density at radius 3 is 1.40 bits per heavy atom. The zero-order valence-electron chi connectivity index (χ0n) is 42.1. The van der Waals surface area contributed by atoms with Crippen molar-refractivity contribution in [1.29, 1.82) is 0 Å². The Bertz CT molecular complexity index is 4620. The van der Waals surface area contributed by atoms with Crippen LogP contribution in [0.3, 0.4) is 0 Å². The Morgan fingerprint density at radius 2 is 0.714 bits per heavy atom. The molecule has 13 aromatic carbocycles. The maximum atomic E-state index is 2.49. The second kappa shape index (κ2) is 17.0. The first-order chi connectivity index (χ1) is 38.2. The fourth-order valence-corrected chi connectivity index (χ4v) is 13.3. The van der Waals surface area contributed by atoms with Crippen LogP contribution in [-0.4, -0.2) is 4.57 Å². The van der Waals surface area contributed by atoms with Gasteiger partial charge in [0.25, 0.3) is 0 Å². The van der Waals surface area contributed by atoms with Gasteiger partial charge in [-0.2, -0.15) is 0 Å². The number of para-hydroxylation sites is 1. The van der Waals surface area contributed by atoms with Crippen LogP contribution in [-0.2, 0) is 5.41 Å². The normalized spacial score (nSPS) is 12.8. The number of rotatable bonds is 7. The molecule has 0 saturated carbocycles. The van der Waals surface area contributed by atoms with E-state index in [0.29, 0.717) is 0 Å². The van der Waals surface area contributed by atoms with E-state index in [-0.39, 0.29) is 0 Å². The SMILES string of the molecule is c1cc(-c2ccc(N(c3ccc(-c4ccc5ccccc5c4)cc3)c3ccc4c(c3)C3(c5ccccc5-c5ccccc53)c3ccccc3-4)cc2)cc(-c2ccc3c(c2)c2ccccc2n3-c2cccc3ccccc23)c1. The summed E-state index contributed by atoms with van der Waals surface area (Å²) in [6, 6.07) is 108. The van der Waals surface area contributed by atoms with Crippen LogP contribution in [0.4, 0.5) is 17.1 Å². The average molecular weight is 977 g/mol. The minimum absolute atomic E-state index is 0.450. The summed E-state index contributed by atoms with van der Waals surface area (Å²) in [5.74, 6) is 0. The first kappa shape index (κ1) is 43.4. The monoisotopic (exact) mass is 976 g/mol. The number of nitrogens with zero attached hydrogens (tertiary/aromatic N) is 2. The predicted octanol–water partition coefficient (Wildman–Crippen LogP) is 19.9. The van der Waals surface area contributed by atoms with Gasteiger partial charge in [-0.15, -0.1) is 0 Å². The summed E-state index contributed by atoms with van der Waals surface area (Å²) in [4.78, 5) is 2.44. The molecular formula is C75H48N2. The molecule has 0 N–H and O–H groups in total. The fraction of sp³-hybridized carbons (Fsp3) is 0.0133. The lowest BCUT2D eigenvalue weighted by molar-refractivity contribution is 0.793. The number of anilines is 3. The summed E-state index contributed by atoms with van der Waals surface area (Å²) in [6.07, 6.45) is 0. The molecule has 0 atom stereocenters. The first-order valence-corrected chi connectivity index (χ1v) is 26.7. The summed E-state index contributed by atoms with van der Waals surface area (Å²) >= 11 is 0. The summed E-state index contributed by atoms with van der Waals surface area (Å²) in [5, 5.41) is 7.46. The molecule has 2 aliphatic rings. The van der Waals surface area contributed by atoms with E-state index in [9.17, 15) is 0 Å². The maximum Gasteiger partial charge on any atom is 0.0726 e. The van der Waals surface area contributed by atoms with Crippen LogP contribution in [0.15, 0.2) is 291 Å². The quantitative estimate of drug-likeness (QED) is 0.154. The zero-order valence-corrected chi connectivity index (χ0v) is 42.1. The van der Waals surface area contributed by atoms with Crippen LogP contribution < -0.4 is 4.90 Å². The van der Waals surface area contributed by atoms with E-state index >= 15 is 0 Å². The van der Waals surface area contributed by atoms with Crippen molar-refractivity contribution in [3.05, 3.63) is 313 Å². The summed E-state index contributed by atoms with van der Waals surface area (Å²) in [7, 11) is 0. The molecule has 2 aliphatic carbocycles. The molecule has 2 nitrogen and oxygen atoms in total. The van der Waals surface area contributed by atoms with Crippen molar-refractivity contribution in [2.45, 2.75) is 5.41 Å². The van der Waals surface area contributed by atoms with E-state index in [2.05, 4.69) is 301 Å². The maximum absolute atomic E-state index is 2.49. The number of hydrogen-bond acceptors (Lipinski definition) is 1. The zero-order chi connectivity index (χ0) is 50.6. The molecule has 0 radical (unpaired) electrons. The Kier molecular flexibility index (Phi) is 9.58. The Balaban J connectivity index is 0.807. The number of benzene rings is 13. The molecule has 358 valence electrons. The van der Waals surface area contributed by atoms with Crippen molar-refractivity contribution in [3.8, 4) is 61.3 Å². The van der Waals surface area contributed by atoms with Crippen molar-refractivity contribution in [2.75, 3.05) is 4.90 Å². The summed E-state index contributed by atoms with van der Waals surface area (Å²) < 4.78 is 2.43. The molecule has 16 rings (SSSR count). The highest BCUT2D eigenvalue weighted by Gasteiger charge is 2.51. The molecule has 0 amide bonds. The van der Waals surface area contributed by atoms with Crippen molar-refractivity contribution in [3.63, 3.8) is 0 Å². The van der Waals surface area contributed by atoms with Crippen LogP contribution in [0.25, 0.3) is 105 Å². The van der Waals surface area contributed by atoms with Crippen LogP contribution >= 0.6 is 0 Å². The summed E-state index contributed by atoms with van der Waals surface area (Å²) in [6.45, 7) is 0. The predicted molar refractivity (Wildman–Crippen MR) is 323 cm³/mol. The van der Waals surface area contributed by atoms with Crippen LogP contribution in [0.5, 0.6) is 0 Å². The van der Waals surface area contributed by atoms with Crippen molar-refractivity contribution >= 4 is 60.4 Å². The van der Waals surface area contributed by atoms with Crippen LogP contribution in [0.2, 0.25) is 0 Å². The van der Waals surface area contributed by atoms with E-state index in [1.165, 1.54) is 127 Å². The van der Waals surface area contributed by atoms with E-state index < -0.39 is 5.41 Å². The highest BCUT2D eigenvalue weighted by molar-refractivity contribution is 6.12. The van der Waals surface area contributed by atoms with Crippen molar-refractivity contribution < 1.29 is 0 Å². The van der Waals surface area contributed by atoms with Gasteiger partial charge in [0.2, 0.25) is 0 Å². The largest absolute Gasteiger partial charge is 0.310 e. The van der Waals surface area contributed by atoms with E-state index in [4.69, 9.17) is 0 Å². The lowest BCUT2D eigenvalue weighted by Crippen LogP contribution is -2.26. The highest BCUT2D eigenvalue weighted by Crippen LogP contribution is 2.63. The highest BCUT2D eigenvalue weighted by atomic mass is 15.1. The van der Waals surface area contributed by atoms with Gasteiger partial charge in [0.15, 0.2) is 0 Å². The Labute approximate surface area is 447 Å². The van der Waals surface area contributed by atoms with E-state index in [1.807, 2.05) is 0 Å². The van der Waals surface area contributed by atoms with Gasteiger partial charge >= 0.3 is 0 Å². The molecule has 1 heterocycles. The molecule has 0 saturated heterocycles. The average Bonchev–Trinajstić information content (AvgIpc) is 4.33. The number of aromatic nitrogens is 1. The van der Waals surface area contributed by atoms with Gasteiger partial charge in [-0.25, -0.2) is 0 Å². The van der Waals surface area contributed by atoms with E-state index in [1.54, 1.807) is 0 Å².